The first-order chi connectivity index (χ1) is 13.1. The van der Waals surface area contributed by atoms with Crippen molar-refractivity contribution in [3.05, 3.63) is 81.6 Å². The van der Waals surface area contributed by atoms with Crippen LogP contribution in [0.5, 0.6) is 0 Å². The summed E-state index contributed by atoms with van der Waals surface area (Å²) < 4.78 is 1.56. The van der Waals surface area contributed by atoms with Crippen LogP contribution in [0.3, 0.4) is 0 Å². The molecule has 0 spiro atoms. The number of carbonyl (C=O) groups excluding carboxylic acids is 1. The lowest BCUT2D eigenvalue weighted by Crippen LogP contribution is -2.34. The zero-order valence-electron chi connectivity index (χ0n) is 14.3. The fraction of sp³-hybridized carbons (Fsp3) is 0.150. The lowest BCUT2D eigenvalue weighted by atomic mass is 10.00. The number of halogens is 2. The fourth-order valence-electron chi connectivity index (χ4n) is 3.18. The van der Waals surface area contributed by atoms with E-state index in [1.807, 2.05) is 23.1 Å². The van der Waals surface area contributed by atoms with E-state index in [9.17, 15) is 4.79 Å². The van der Waals surface area contributed by atoms with Gasteiger partial charge in [0.1, 0.15) is 0 Å². The summed E-state index contributed by atoms with van der Waals surface area (Å²) in [6, 6.07) is 13.6. The summed E-state index contributed by atoms with van der Waals surface area (Å²) in [5.74, 6) is -0.0351. The summed E-state index contributed by atoms with van der Waals surface area (Å²) in [7, 11) is 0. The van der Waals surface area contributed by atoms with E-state index in [1.54, 1.807) is 35.2 Å². The third-order valence-corrected chi connectivity index (χ3v) is 4.96. The molecule has 1 amide bonds. The number of aromatic nitrogens is 3. The summed E-state index contributed by atoms with van der Waals surface area (Å²) in [5.41, 5.74) is 4.01. The first-order valence-electron chi connectivity index (χ1n) is 8.52. The minimum atomic E-state index is -0.0351. The predicted molar refractivity (Wildman–Crippen MR) is 106 cm³/mol. The van der Waals surface area contributed by atoms with Crippen molar-refractivity contribution in [1.29, 1.82) is 0 Å². The van der Waals surface area contributed by atoms with Crippen LogP contribution in [-0.4, -0.2) is 32.3 Å². The van der Waals surface area contributed by atoms with E-state index in [1.165, 1.54) is 11.1 Å². The van der Waals surface area contributed by atoms with Gasteiger partial charge in [-0.1, -0.05) is 52.7 Å². The molecule has 1 aliphatic heterocycles. The molecule has 1 aromatic heterocycles. The molecule has 2 aromatic carbocycles. The van der Waals surface area contributed by atoms with Gasteiger partial charge in [0, 0.05) is 29.8 Å². The van der Waals surface area contributed by atoms with Crippen molar-refractivity contribution >= 4 is 35.2 Å². The van der Waals surface area contributed by atoms with Crippen molar-refractivity contribution < 1.29 is 4.79 Å². The SMILES string of the molecule is O=C(C=Cc1cc(Cl)ccc1-n1cc(Cl)nn1)N1CCc2ccccc2C1. The van der Waals surface area contributed by atoms with Gasteiger partial charge in [-0.25, -0.2) is 4.68 Å². The number of nitrogens with zero attached hydrogens (tertiary/aromatic N) is 4. The Bertz CT molecular complexity index is 1030. The molecular formula is C20H16Cl2N4O. The van der Waals surface area contributed by atoms with Gasteiger partial charge in [-0.2, -0.15) is 0 Å². The maximum absolute atomic E-state index is 12.7. The average molecular weight is 399 g/mol. The number of hydrogen-bond acceptors (Lipinski definition) is 3. The van der Waals surface area contributed by atoms with Gasteiger partial charge in [0.15, 0.2) is 5.15 Å². The molecule has 2 heterocycles. The Kier molecular flexibility index (Phi) is 4.97. The van der Waals surface area contributed by atoms with E-state index < -0.39 is 0 Å². The second-order valence-electron chi connectivity index (χ2n) is 6.30. The van der Waals surface area contributed by atoms with Gasteiger partial charge >= 0.3 is 0 Å². The van der Waals surface area contributed by atoms with Crippen LogP contribution >= 0.6 is 23.2 Å². The molecule has 0 radical (unpaired) electrons. The minimum Gasteiger partial charge on any atom is -0.334 e. The third-order valence-electron chi connectivity index (χ3n) is 4.55. The highest BCUT2D eigenvalue weighted by Crippen LogP contribution is 2.22. The van der Waals surface area contributed by atoms with Crippen molar-refractivity contribution in [1.82, 2.24) is 19.9 Å². The van der Waals surface area contributed by atoms with Crippen LogP contribution in [0.1, 0.15) is 16.7 Å². The molecule has 1 aliphatic rings. The Morgan fingerprint density at radius 2 is 1.93 bits per heavy atom. The lowest BCUT2D eigenvalue weighted by molar-refractivity contribution is -0.126. The number of hydrogen-bond donors (Lipinski definition) is 0. The van der Waals surface area contributed by atoms with E-state index in [0.717, 1.165) is 17.7 Å². The summed E-state index contributed by atoms with van der Waals surface area (Å²) in [4.78, 5) is 14.5. The van der Waals surface area contributed by atoms with Crippen molar-refractivity contribution in [3.8, 4) is 5.69 Å². The predicted octanol–water partition coefficient (Wildman–Crippen LogP) is 4.17. The van der Waals surface area contributed by atoms with Crippen LogP contribution in [0, 0.1) is 0 Å². The Balaban J connectivity index is 1.56. The van der Waals surface area contributed by atoms with Crippen molar-refractivity contribution in [3.63, 3.8) is 0 Å². The molecule has 0 N–H and O–H groups in total. The first kappa shape index (κ1) is 17.8. The highest BCUT2D eigenvalue weighted by Gasteiger charge is 2.18. The molecule has 0 unspecified atom stereocenters. The second kappa shape index (κ2) is 7.55. The summed E-state index contributed by atoms with van der Waals surface area (Å²) in [5, 5.41) is 8.64. The molecule has 7 heteroatoms. The van der Waals surface area contributed by atoms with Crippen molar-refractivity contribution in [2.45, 2.75) is 13.0 Å². The van der Waals surface area contributed by atoms with Crippen molar-refractivity contribution in [2.24, 2.45) is 0 Å². The molecule has 0 bridgehead atoms. The molecule has 0 saturated carbocycles. The van der Waals surface area contributed by atoms with Gasteiger partial charge in [-0.05, 0) is 41.8 Å². The Hall–Kier alpha value is -2.63. The maximum Gasteiger partial charge on any atom is 0.246 e. The number of fused-ring (bicyclic) bond motifs is 1. The highest BCUT2D eigenvalue weighted by molar-refractivity contribution is 6.30. The van der Waals surface area contributed by atoms with Crippen LogP contribution in [-0.2, 0) is 17.8 Å². The molecule has 5 nitrogen and oxygen atoms in total. The molecule has 0 fully saturated rings. The zero-order chi connectivity index (χ0) is 18.8. The zero-order valence-corrected chi connectivity index (χ0v) is 15.9. The quantitative estimate of drug-likeness (QED) is 0.622. The second-order valence-corrected chi connectivity index (χ2v) is 7.12. The third kappa shape index (κ3) is 3.89. The van der Waals surface area contributed by atoms with Gasteiger partial charge in [0.2, 0.25) is 5.91 Å². The molecule has 3 aromatic rings. The van der Waals surface area contributed by atoms with Crippen molar-refractivity contribution in [2.75, 3.05) is 6.54 Å². The molecule has 0 atom stereocenters. The van der Waals surface area contributed by atoms with Crippen LogP contribution in [0.15, 0.2) is 54.7 Å². The number of benzene rings is 2. The van der Waals surface area contributed by atoms with E-state index in [-0.39, 0.29) is 5.91 Å². The van der Waals surface area contributed by atoms with Crippen LogP contribution < -0.4 is 0 Å². The lowest BCUT2D eigenvalue weighted by Gasteiger charge is -2.27. The van der Waals surface area contributed by atoms with Crippen LogP contribution in [0.2, 0.25) is 10.2 Å². The van der Waals surface area contributed by atoms with E-state index >= 15 is 0 Å². The fourth-order valence-corrected chi connectivity index (χ4v) is 3.49. The monoisotopic (exact) mass is 398 g/mol. The van der Waals surface area contributed by atoms with Gasteiger partial charge in [0.05, 0.1) is 11.9 Å². The highest BCUT2D eigenvalue weighted by atomic mass is 35.5. The average Bonchev–Trinajstić information content (AvgIpc) is 3.12. The Morgan fingerprint density at radius 1 is 1.11 bits per heavy atom. The maximum atomic E-state index is 12.7. The molecular weight excluding hydrogens is 383 g/mol. The standard InChI is InChI=1S/C20H16Cl2N4O/c21-17-6-7-18(26-13-19(22)23-24-26)15(11-17)5-8-20(27)25-10-9-14-3-1-2-4-16(14)12-25/h1-8,11,13H,9-10,12H2. The summed E-state index contributed by atoms with van der Waals surface area (Å²) >= 11 is 12.0. The Labute approximate surface area is 166 Å². The summed E-state index contributed by atoms with van der Waals surface area (Å²) in [6.45, 7) is 1.34. The van der Waals surface area contributed by atoms with Gasteiger partial charge in [-0.15, -0.1) is 5.10 Å². The normalized spacial score (nSPS) is 13.8. The first-order valence-corrected chi connectivity index (χ1v) is 9.27. The Morgan fingerprint density at radius 3 is 2.70 bits per heavy atom. The molecule has 0 aliphatic carbocycles. The molecule has 0 saturated heterocycles. The van der Waals surface area contributed by atoms with Gasteiger partial charge < -0.3 is 4.90 Å². The number of carbonyl (C=O) groups is 1. The van der Waals surface area contributed by atoms with Gasteiger partial charge in [-0.3, -0.25) is 4.79 Å². The number of amides is 1. The van der Waals surface area contributed by atoms with E-state index in [0.29, 0.717) is 23.3 Å². The minimum absolute atomic E-state index is 0.0351. The molecule has 4 rings (SSSR count). The molecule has 136 valence electrons. The summed E-state index contributed by atoms with van der Waals surface area (Å²) in [6.07, 6.45) is 5.79. The van der Waals surface area contributed by atoms with Gasteiger partial charge in [0.25, 0.3) is 0 Å². The van der Waals surface area contributed by atoms with Crippen LogP contribution in [0.4, 0.5) is 0 Å². The smallest absolute Gasteiger partial charge is 0.246 e. The van der Waals surface area contributed by atoms with Crippen LogP contribution in [0.25, 0.3) is 11.8 Å². The van der Waals surface area contributed by atoms with E-state index in [2.05, 4.69) is 22.4 Å². The largest absolute Gasteiger partial charge is 0.334 e. The topological polar surface area (TPSA) is 51.0 Å². The number of rotatable bonds is 3. The van der Waals surface area contributed by atoms with E-state index in [4.69, 9.17) is 23.2 Å². The molecule has 27 heavy (non-hydrogen) atoms.